The van der Waals surface area contributed by atoms with E-state index in [1.165, 1.54) is 10.8 Å². The minimum atomic E-state index is 0.472. The van der Waals surface area contributed by atoms with E-state index in [9.17, 15) is 0 Å². The van der Waals surface area contributed by atoms with Crippen LogP contribution in [-0.4, -0.2) is 29.3 Å². The third kappa shape index (κ3) is 3.58. The van der Waals surface area contributed by atoms with Crippen molar-refractivity contribution in [2.24, 2.45) is 0 Å². The van der Waals surface area contributed by atoms with Gasteiger partial charge in [-0.2, -0.15) is 15.1 Å². The number of aromatic nitrogens is 6. The maximum Gasteiger partial charge on any atom is 0.254 e. The van der Waals surface area contributed by atoms with E-state index in [0.717, 1.165) is 38.8 Å². The molecule has 0 saturated heterocycles. The quantitative estimate of drug-likeness (QED) is 0.242. The highest BCUT2D eigenvalue weighted by molar-refractivity contribution is 6.18. The fraction of sp³-hybridized carbons (Fsp3) is 0. The van der Waals surface area contributed by atoms with Gasteiger partial charge in [0.15, 0.2) is 11.6 Å². The molecule has 3 heterocycles. The van der Waals surface area contributed by atoms with E-state index in [-0.39, 0.29) is 0 Å². The summed E-state index contributed by atoms with van der Waals surface area (Å²) in [7, 11) is 0. The van der Waals surface area contributed by atoms with Crippen molar-refractivity contribution in [1.82, 2.24) is 29.3 Å². The van der Waals surface area contributed by atoms with Gasteiger partial charge < -0.3 is 4.57 Å². The molecule has 0 fully saturated rings. The van der Waals surface area contributed by atoms with Crippen LogP contribution in [-0.2, 0) is 0 Å². The van der Waals surface area contributed by atoms with Crippen LogP contribution in [0.15, 0.2) is 134 Å². The van der Waals surface area contributed by atoms with Crippen LogP contribution in [0.4, 0.5) is 0 Å². The van der Waals surface area contributed by atoms with Crippen molar-refractivity contribution < 1.29 is 0 Å². The molecule has 188 valence electrons. The number of para-hydroxylation sites is 2. The van der Waals surface area contributed by atoms with Gasteiger partial charge >= 0.3 is 0 Å². The van der Waals surface area contributed by atoms with E-state index in [2.05, 4.69) is 65.2 Å². The van der Waals surface area contributed by atoms with Gasteiger partial charge in [0.2, 0.25) is 0 Å². The summed E-state index contributed by atoms with van der Waals surface area (Å²) in [5, 5.41) is 8.37. The van der Waals surface area contributed by atoms with Gasteiger partial charge in [-0.1, -0.05) is 97.1 Å². The molecular formula is C34H22N6. The van der Waals surface area contributed by atoms with Crippen molar-refractivity contribution >= 4 is 32.7 Å². The normalized spacial score (nSPS) is 11.5. The highest BCUT2D eigenvalue weighted by atomic mass is 15.4. The number of hydrogen-bond acceptors (Lipinski definition) is 4. The number of hydrogen-bond donors (Lipinski definition) is 0. The lowest BCUT2D eigenvalue weighted by molar-refractivity contribution is 0.810. The van der Waals surface area contributed by atoms with Crippen LogP contribution in [0.1, 0.15) is 0 Å². The summed E-state index contributed by atoms with van der Waals surface area (Å²) in [5.74, 6) is 1.68. The van der Waals surface area contributed by atoms with Gasteiger partial charge in [0.1, 0.15) is 0 Å². The Morgan fingerprint density at radius 1 is 0.475 bits per heavy atom. The average molecular weight is 515 g/mol. The van der Waals surface area contributed by atoms with Crippen molar-refractivity contribution in [2.45, 2.75) is 0 Å². The highest BCUT2D eigenvalue weighted by Gasteiger charge is 2.18. The van der Waals surface area contributed by atoms with Crippen LogP contribution in [0.25, 0.3) is 67.1 Å². The Morgan fingerprint density at radius 2 is 1.07 bits per heavy atom. The van der Waals surface area contributed by atoms with Gasteiger partial charge in [0, 0.05) is 39.2 Å². The van der Waals surface area contributed by atoms with Crippen molar-refractivity contribution in [3.8, 4) is 34.4 Å². The Bertz CT molecular complexity index is 2090. The van der Waals surface area contributed by atoms with Gasteiger partial charge in [0.05, 0.1) is 16.6 Å². The third-order valence-electron chi connectivity index (χ3n) is 7.23. The molecule has 0 atom stereocenters. The molecule has 0 saturated carbocycles. The molecule has 0 unspecified atom stereocenters. The van der Waals surface area contributed by atoms with Crippen molar-refractivity contribution in [1.29, 1.82) is 0 Å². The molecule has 0 bridgehead atoms. The van der Waals surface area contributed by atoms with Gasteiger partial charge in [0.25, 0.3) is 5.95 Å². The molecule has 0 aliphatic rings. The SMILES string of the molecule is c1ccc(-c2nc(-c3ccccc3)nc(-n3cc4c(ccc5c6ccccc6n(-c6ccccc6)c45)n3)n2)cc1. The first-order valence-electron chi connectivity index (χ1n) is 13.2. The molecule has 40 heavy (non-hydrogen) atoms. The first-order chi connectivity index (χ1) is 19.8. The molecule has 0 N–H and O–H groups in total. The van der Waals surface area contributed by atoms with Crippen LogP contribution in [0.3, 0.4) is 0 Å². The molecule has 8 rings (SSSR count). The van der Waals surface area contributed by atoms with Crippen LogP contribution in [0.5, 0.6) is 0 Å². The minimum Gasteiger partial charge on any atom is -0.309 e. The van der Waals surface area contributed by atoms with Crippen LogP contribution in [0, 0.1) is 0 Å². The standard InChI is InChI=1S/C34H22N6/c1-4-12-23(13-5-1)32-35-33(24-14-6-2-7-15-24)37-34(36-32)39-22-28-29(38-39)21-20-27-26-18-10-11-19-30(26)40(31(27)28)25-16-8-3-9-17-25/h1-22H. The number of nitrogens with zero attached hydrogens (tertiary/aromatic N) is 6. The fourth-order valence-electron chi connectivity index (χ4n) is 5.40. The predicted molar refractivity (Wildman–Crippen MR) is 160 cm³/mol. The molecule has 8 aromatic rings. The Kier molecular flexibility index (Phi) is 5.03. The monoisotopic (exact) mass is 514 g/mol. The molecule has 0 aliphatic carbocycles. The maximum atomic E-state index is 4.96. The Balaban J connectivity index is 1.40. The first-order valence-corrected chi connectivity index (χ1v) is 13.2. The second-order valence-corrected chi connectivity index (χ2v) is 9.67. The summed E-state index contributed by atoms with van der Waals surface area (Å²) >= 11 is 0. The molecule has 0 aliphatic heterocycles. The summed E-state index contributed by atoms with van der Waals surface area (Å²) in [4.78, 5) is 14.6. The van der Waals surface area contributed by atoms with E-state index >= 15 is 0 Å². The number of fused-ring (bicyclic) bond motifs is 5. The summed E-state index contributed by atoms with van der Waals surface area (Å²) in [6.07, 6.45) is 2.04. The molecule has 5 aromatic carbocycles. The topological polar surface area (TPSA) is 61.4 Å². The van der Waals surface area contributed by atoms with E-state index in [1.807, 2.05) is 72.9 Å². The zero-order valence-electron chi connectivity index (χ0n) is 21.4. The highest BCUT2D eigenvalue weighted by Crippen LogP contribution is 2.36. The molecule has 0 spiro atoms. The van der Waals surface area contributed by atoms with Crippen molar-refractivity contribution in [3.05, 3.63) is 134 Å². The van der Waals surface area contributed by atoms with Crippen LogP contribution >= 0.6 is 0 Å². The number of rotatable bonds is 4. The van der Waals surface area contributed by atoms with Crippen molar-refractivity contribution in [2.75, 3.05) is 0 Å². The smallest absolute Gasteiger partial charge is 0.254 e. The third-order valence-corrected chi connectivity index (χ3v) is 7.23. The first kappa shape index (κ1) is 22.4. The lowest BCUT2D eigenvalue weighted by Gasteiger charge is -2.08. The largest absolute Gasteiger partial charge is 0.309 e. The van der Waals surface area contributed by atoms with Gasteiger partial charge in [-0.25, -0.2) is 9.67 Å². The second-order valence-electron chi connectivity index (χ2n) is 9.67. The number of benzene rings is 5. The molecule has 6 nitrogen and oxygen atoms in total. The zero-order chi connectivity index (χ0) is 26.5. The minimum absolute atomic E-state index is 0.472. The molecule has 0 amide bonds. The Labute approximate surface area is 229 Å². The zero-order valence-corrected chi connectivity index (χ0v) is 21.4. The van der Waals surface area contributed by atoms with E-state index < -0.39 is 0 Å². The Morgan fingerprint density at radius 3 is 1.75 bits per heavy atom. The Hall–Kier alpha value is -5.62. The maximum absolute atomic E-state index is 4.96. The molecular weight excluding hydrogens is 492 g/mol. The second kappa shape index (κ2) is 8.99. The molecule has 6 heteroatoms. The summed E-state index contributed by atoms with van der Waals surface area (Å²) < 4.78 is 4.09. The van der Waals surface area contributed by atoms with Gasteiger partial charge in [-0.3, -0.25) is 0 Å². The van der Waals surface area contributed by atoms with E-state index in [4.69, 9.17) is 20.1 Å². The van der Waals surface area contributed by atoms with E-state index in [1.54, 1.807) is 4.68 Å². The van der Waals surface area contributed by atoms with Gasteiger partial charge in [-0.15, -0.1) is 0 Å². The predicted octanol–water partition coefficient (Wildman–Crippen LogP) is 7.64. The van der Waals surface area contributed by atoms with Crippen molar-refractivity contribution in [3.63, 3.8) is 0 Å². The summed E-state index contributed by atoms with van der Waals surface area (Å²) in [5.41, 5.74) is 6.08. The summed E-state index contributed by atoms with van der Waals surface area (Å²) in [6.45, 7) is 0. The average Bonchev–Trinajstić information content (AvgIpc) is 3.62. The molecule has 0 radical (unpaired) electrons. The lowest BCUT2D eigenvalue weighted by Crippen LogP contribution is -2.06. The summed E-state index contributed by atoms with van der Waals surface area (Å²) in [6, 6.07) is 43.2. The van der Waals surface area contributed by atoms with E-state index in [0.29, 0.717) is 17.6 Å². The van der Waals surface area contributed by atoms with Crippen LogP contribution in [0.2, 0.25) is 0 Å². The fourth-order valence-corrected chi connectivity index (χ4v) is 5.40. The lowest BCUT2D eigenvalue weighted by atomic mass is 10.1. The molecule has 3 aromatic heterocycles. The van der Waals surface area contributed by atoms with Gasteiger partial charge in [-0.05, 0) is 30.3 Å². The van der Waals surface area contributed by atoms with Crippen LogP contribution < -0.4 is 0 Å².